The van der Waals surface area contributed by atoms with Gasteiger partial charge in [0.05, 0.1) is 22.9 Å². The summed E-state index contributed by atoms with van der Waals surface area (Å²) < 4.78 is 7.79. The van der Waals surface area contributed by atoms with E-state index in [0.29, 0.717) is 22.0 Å². The lowest BCUT2D eigenvalue weighted by atomic mass is 10.1. The molecule has 0 radical (unpaired) electrons. The molecule has 0 fully saturated rings. The van der Waals surface area contributed by atoms with Gasteiger partial charge < -0.3 is 14.5 Å². The van der Waals surface area contributed by atoms with Gasteiger partial charge in [-0.1, -0.05) is 23.2 Å². The van der Waals surface area contributed by atoms with Gasteiger partial charge in [-0.15, -0.1) is 0 Å². The fourth-order valence-electron chi connectivity index (χ4n) is 2.97. The van der Waals surface area contributed by atoms with E-state index in [-0.39, 0.29) is 23.9 Å². The number of carbonyl (C=O) groups excluding carboxylic acids is 2. The molecule has 1 N–H and O–H groups in total. The summed E-state index contributed by atoms with van der Waals surface area (Å²) in [4.78, 5) is 29.9. The molecule has 9 heteroatoms. The summed E-state index contributed by atoms with van der Waals surface area (Å²) in [5, 5.41) is 3.29. The Morgan fingerprint density at radius 3 is 2.72 bits per heavy atom. The minimum absolute atomic E-state index is 0.00833. The van der Waals surface area contributed by atoms with E-state index >= 15 is 0 Å². The number of likely N-dealkylation sites (N-methyl/N-ethyl adjacent to an activating group) is 1. The number of rotatable bonds is 6. The van der Waals surface area contributed by atoms with Crippen LogP contribution >= 0.6 is 23.2 Å². The summed E-state index contributed by atoms with van der Waals surface area (Å²) in [7, 11) is 1.62. The molecule has 29 heavy (non-hydrogen) atoms. The number of aryl methyl sites for hydroxylation is 1. The Labute approximate surface area is 178 Å². The van der Waals surface area contributed by atoms with Gasteiger partial charge in [0.1, 0.15) is 6.61 Å². The van der Waals surface area contributed by atoms with Crippen molar-refractivity contribution in [1.82, 2.24) is 14.7 Å². The van der Waals surface area contributed by atoms with Gasteiger partial charge in [-0.05, 0) is 38.2 Å². The SMILES string of the molecule is CNCC(=O)N(C(C)=O)c1ccc(Cl)c(COc2cccn3cc(C)nc23)c1Cl. The van der Waals surface area contributed by atoms with Gasteiger partial charge in [-0.3, -0.25) is 9.59 Å². The minimum atomic E-state index is -0.445. The highest BCUT2D eigenvalue weighted by Crippen LogP contribution is 2.35. The number of nitrogens with one attached hydrogen (secondary N) is 1. The number of anilines is 1. The maximum atomic E-state index is 12.4. The third kappa shape index (κ3) is 4.37. The molecule has 0 bridgehead atoms. The van der Waals surface area contributed by atoms with Gasteiger partial charge in [0, 0.05) is 29.9 Å². The Kier molecular flexibility index (Phi) is 6.42. The standard InChI is InChI=1S/C20H20Cl2N4O3/c1-12-10-25-8-4-5-17(20(25)24-12)29-11-14-15(21)6-7-16(19(14)22)26(13(2)27)18(28)9-23-3/h4-8,10,23H,9,11H2,1-3H3. The van der Waals surface area contributed by atoms with Gasteiger partial charge in [-0.25, -0.2) is 9.88 Å². The first-order chi connectivity index (χ1) is 13.8. The van der Waals surface area contributed by atoms with E-state index in [1.165, 1.54) is 6.92 Å². The van der Waals surface area contributed by atoms with Crippen molar-refractivity contribution in [1.29, 1.82) is 0 Å². The third-order valence-corrected chi connectivity index (χ3v) is 5.01. The summed E-state index contributed by atoms with van der Waals surface area (Å²) in [6, 6.07) is 6.77. The number of pyridine rings is 1. The van der Waals surface area contributed by atoms with Crippen LogP contribution in [0.3, 0.4) is 0 Å². The number of nitrogens with zero attached hydrogens (tertiary/aromatic N) is 3. The first kappa shape index (κ1) is 21.1. The predicted octanol–water partition coefficient (Wildman–Crippen LogP) is 3.63. The molecule has 1 aromatic carbocycles. The summed E-state index contributed by atoms with van der Waals surface area (Å²) in [5.74, 6) is -0.305. The number of aromatic nitrogens is 2. The van der Waals surface area contributed by atoms with Crippen LogP contribution in [0.2, 0.25) is 10.0 Å². The molecule has 2 aromatic heterocycles. The van der Waals surface area contributed by atoms with E-state index in [9.17, 15) is 9.59 Å². The smallest absolute Gasteiger partial charge is 0.247 e. The van der Waals surface area contributed by atoms with Crippen LogP contribution in [-0.4, -0.2) is 34.8 Å². The van der Waals surface area contributed by atoms with Gasteiger partial charge >= 0.3 is 0 Å². The molecule has 0 unspecified atom stereocenters. The van der Waals surface area contributed by atoms with E-state index in [1.807, 2.05) is 29.8 Å². The second-order valence-electron chi connectivity index (χ2n) is 6.41. The molecule has 3 aromatic rings. The van der Waals surface area contributed by atoms with Crippen molar-refractivity contribution in [2.24, 2.45) is 0 Å². The fourth-order valence-corrected chi connectivity index (χ4v) is 3.54. The van der Waals surface area contributed by atoms with Crippen LogP contribution < -0.4 is 15.0 Å². The van der Waals surface area contributed by atoms with Crippen molar-refractivity contribution in [3.05, 3.63) is 58.0 Å². The first-order valence-electron chi connectivity index (χ1n) is 8.85. The molecule has 0 aliphatic carbocycles. The quantitative estimate of drug-likeness (QED) is 0.640. The molecule has 0 spiro atoms. The van der Waals surface area contributed by atoms with Gasteiger partial charge in [-0.2, -0.15) is 0 Å². The molecule has 7 nitrogen and oxygen atoms in total. The molecular formula is C20H20Cl2N4O3. The number of carbonyl (C=O) groups is 2. The number of ether oxygens (including phenoxy) is 1. The van der Waals surface area contributed by atoms with Crippen LogP contribution in [0.5, 0.6) is 5.75 Å². The monoisotopic (exact) mass is 434 g/mol. The van der Waals surface area contributed by atoms with Crippen LogP contribution in [-0.2, 0) is 16.2 Å². The average Bonchev–Trinajstić information content (AvgIpc) is 3.04. The number of amides is 2. The second-order valence-corrected chi connectivity index (χ2v) is 7.20. The number of fused-ring (bicyclic) bond motifs is 1. The molecule has 0 aliphatic rings. The van der Waals surface area contributed by atoms with E-state index in [0.717, 1.165) is 10.6 Å². The third-order valence-electron chi connectivity index (χ3n) is 4.24. The molecular weight excluding hydrogens is 415 g/mol. The maximum Gasteiger partial charge on any atom is 0.247 e. The Bertz CT molecular complexity index is 1080. The highest BCUT2D eigenvalue weighted by Gasteiger charge is 2.24. The Morgan fingerprint density at radius 1 is 1.28 bits per heavy atom. The van der Waals surface area contributed by atoms with Crippen molar-refractivity contribution in [3.8, 4) is 5.75 Å². The second kappa shape index (κ2) is 8.82. The minimum Gasteiger partial charge on any atom is -0.485 e. The summed E-state index contributed by atoms with van der Waals surface area (Å²) in [6.07, 6.45) is 3.77. The number of halogens is 2. The molecule has 0 saturated heterocycles. The molecule has 2 amide bonds. The summed E-state index contributed by atoms with van der Waals surface area (Å²) in [6.45, 7) is 3.23. The Hall–Kier alpha value is -2.61. The largest absolute Gasteiger partial charge is 0.485 e. The molecule has 0 saturated carbocycles. The molecule has 2 heterocycles. The van der Waals surface area contributed by atoms with Crippen LogP contribution in [0.15, 0.2) is 36.7 Å². The average molecular weight is 435 g/mol. The van der Waals surface area contributed by atoms with Gasteiger partial charge in [0.15, 0.2) is 11.4 Å². The van der Waals surface area contributed by atoms with E-state index in [1.54, 1.807) is 25.2 Å². The molecule has 0 aliphatic heterocycles. The molecule has 3 rings (SSSR count). The number of imide groups is 1. The molecule has 152 valence electrons. The van der Waals surface area contributed by atoms with E-state index < -0.39 is 11.8 Å². The summed E-state index contributed by atoms with van der Waals surface area (Å²) >= 11 is 12.9. The van der Waals surface area contributed by atoms with Crippen LogP contribution in [0, 0.1) is 6.92 Å². The van der Waals surface area contributed by atoms with Crippen molar-refractivity contribution in [3.63, 3.8) is 0 Å². The lowest BCUT2D eigenvalue weighted by molar-refractivity contribution is -0.124. The highest BCUT2D eigenvalue weighted by molar-refractivity contribution is 6.39. The zero-order valence-electron chi connectivity index (χ0n) is 16.2. The van der Waals surface area contributed by atoms with E-state index in [2.05, 4.69) is 10.3 Å². The highest BCUT2D eigenvalue weighted by atomic mass is 35.5. The fraction of sp³-hybridized carbons (Fsp3) is 0.250. The van der Waals surface area contributed by atoms with Crippen molar-refractivity contribution in [2.45, 2.75) is 20.5 Å². The predicted molar refractivity (Wildman–Crippen MR) is 113 cm³/mol. The Morgan fingerprint density at radius 2 is 2.03 bits per heavy atom. The zero-order chi connectivity index (χ0) is 21.1. The van der Waals surface area contributed by atoms with E-state index in [4.69, 9.17) is 27.9 Å². The van der Waals surface area contributed by atoms with Crippen LogP contribution in [0.1, 0.15) is 18.2 Å². The van der Waals surface area contributed by atoms with Crippen molar-refractivity contribution in [2.75, 3.05) is 18.5 Å². The lowest BCUT2D eigenvalue weighted by Crippen LogP contribution is -2.40. The number of benzene rings is 1. The first-order valence-corrected chi connectivity index (χ1v) is 9.61. The zero-order valence-corrected chi connectivity index (χ0v) is 17.7. The van der Waals surface area contributed by atoms with Crippen LogP contribution in [0.25, 0.3) is 5.65 Å². The topological polar surface area (TPSA) is 75.9 Å². The number of imidazole rings is 1. The van der Waals surface area contributed by atoms with Gasteiger partial charge in [0.25, 0.3) is 0 Å². The normalized spacial score (nSPS) is 10.9. The Balaban J connectivity index is 1.94. The number of hydrogen-bond acceptors (Lipinski definition) is 5. The summed E-state index contributed by atoms with van der Waals surface area (Å²) in [5.41, 5.74) is 2.26. The molecule has 0 atom stereocenters. The van der Waals surface area contributed by atoms with Crippen molar-refractivity contribution >= 4 is 46.4 Å². The van der Waals surface area contributed by atoms with Crippen LogP contribution in [0.4, 0.5) is 5.69 Å². The number of hydrogen-bond donors (Lipinski definition) is 1. The van der Waals surface area contributed by atoms with Crippen molar-refractivity contribution < 1.29 is 14.3 Å². The maximum absolute atomic E-state index is 12.4. The van der Waals surface area contributed by atoms with Gasteiger partial charge in [0.2, 0.25) is 11.8 Å². The lowest BCUT2D eigenvalue weighted by Gasteiger charge is -2.22.